The zero-order valence-corrected chi connectivity index (χ0v) is 13.7. The largest absolute Gasteiger partial charge is 0.385 e. The third-order valence-corrected chi connectivity index (χ3v) is 5.52. The van der Waals surface area contributed by atoms with Gasteiger partial charge in [-0.3, -0.25) is 0 Å². The fourth-order valence-electron chi connectivity index (χ4n) is 3.96. The van der Waals surface area contributed by atoms with Crippen LogP contribution in [-0.2, 0) is 16.8 Å². The minimum absolute atomic E-state index is 0.642. The van der Waals surface area contributed by atoms with Crippen molar-refractivity contribution in [3.05, 3.63) is 35.5 Å². The number of hydrogen-bond donors (Lipinski definition) is 2. The number of ether oxygens (including phenoxy) is 1. The molecule has 1 aromatic heterocycles. The third kappa shape index (κ3) is 3.03. The highest BCUT2D eigenvalue weighted by Crippen LogP contribution is 2.34. The molecular weight excluding hydrogens is 288 g/mol. The van der Waals surface area contributed by atoms with Crippen molar-refractivity contribution in [3.63, 3.8) is 0 Å². The minimum Gasteiger partial charge on any atom is -0.385 e. The number of likely N-dealkylation sites (tertiary alicyclic amines) is 1. The molecule has 0 spiro atoms. The quantitative estimate of drug-likeness (QED) is 0.912. The number of nitrogens with one attached hydrogen (secondary N) is 1. The molecule has 4 rings (SSSR count). The molecule has 2 aliphatic rings. The average Bonchev–Trinajstić information content (AvgIpc) is 3.22. The fourth-order valence-corrected chi connectivity index (χ4v) is 3.96. The number of H-pyrrole nitrogens is 1. The van der Waals surface area contributed by atoms with Gasteiger partial charge in [0.25, 0.3) is 0 Å². The zero-order chi connectivity index (χ0) is 15.7. The number of rotatable bonds is 4. The first-order chi connectivity index (χ1) is 11.2. The Kier molecular flexibility index (Phi) is 4.14. The van der Waals surface area contributed by atoms with E-state index in [4.69, 9.17) is 4.74 Å². The van der Waals surface area contributed by atoms with Crippen molar-refractivity contribution >= 4 is 10.9 Å². The van der Waals surface area contributed by atoms with Gasteiger partial charge in [0.2, 0.25) is 0 Å². The third-order valence-electron chi connectivity index (χ3n) is 5.52. The Morgan fingerprint density at radius 3 is 2.74 bits per heavy atom. The number of benzene rings is 1. The highest BCUT2D eigenvalue weighted by molar-refractivity contribution is 5.84. The van der Waals surface area contributed by atoms with Crippen LogP contribution >= 0.6 is 0 Å². The maximum Gasteiger partial charge on any atom is 0.0940 e. The van der Waals surface area contributed by atoms with Gasteiger partial charge in [-0.2, -0.15) is 0 Å². The van der Waals surface area contributed by atoms with Crippen LogP contribution in [0.15, 0.2) is 24.4 Å². The summed E-state index contributed by atoms with van der Waals surface area (Å²) in [5.41, 5.74) is 2.84. The van der Waals surface area contributed by atoms with E-state index in [1.165, 1.54) is 42.4 Å². The lowest BCUT2D eigenvalue weighted by Crippen LogP contribution is -2.33. The molecule has 2 fully saturated rings. The van der Waals surface area contributed by atoms with Crippen LogP contribution in [0, 0.1) is 0 Å². The van der Waals surface area contributed by atoms with Crippen LogP contribution in [0.25, 0.3) is 10.9 Å². The summed E-state index contributed by atoms with van der Waals surface area (Å²) in [6, 6.07) is 6.36. The van der Waals surface area contributed by atoms with Crippen molar-refractivity contribution < 1.29 is 9.84 Å². The normalized spacial score (nSPS) is 22.0. The Bertz CT molecular complexity index is 667. The molecule has 2 N–H and O–H groups in total. The van der Waals surface area contributed by atoms with Gasteiger partial charge in [0, 0.05) is 49.7 Å². The number of fused-ring (bicyclic) bond motifs is 1. The number of aromatic nitrogens is 1. The Morgan fingerprint density at radius 2 is 1.96 bits per heavy atom. The van der Waals surface area contributed by atoms with Gasteiger partial charge in [-0.25, -0.2) is 0 Å². The van der Waals surface area contributed by atoms with Crippen LogP contribution in [0.1, 0.15) is 36.8 Å². The monoisotopic (exact) mass is 314 g/mol. The standard InChI is InChI=1S/C19H26N2O2/c22-19(6-11-23-12-7-19)16-3-4-18-17(13-16)15(14-20-18)5-10-21-8-1-2-9-21/h3-4,13-14,20,22H,1-2,5-12H2. The topological polar surface area (TPSA) is 48.5 Å². The van der Waals surface area contributed by atoms with E-state index in [0.717, 1.165) is 18.5 Å². The first-order valence-corrected chi connectivity index (χ1v) is 8.88. The summed E-state index contributed by atoms with van der Waals surface area (Å²) >= 11 is 0. The van der Waals surface area contributed by atoms with Crippen molar-refractivity contribution in [2.45, 2.75) is 37.7 Å². The number of nitrogens with zero attached hydrogens (tertiary/aromatic N) is 1. The van der Waals surface area contributed by atoms with E-state index in [2.05, 4.69) is 34.3 Å². The molecule has 23 heavy (non-hydrogen) atoms. The van der Waals surface area contributed by atoms with Gasteiger partial charge in [0.15, 0.2) is 0 Å². The lowest BCUT2D eigenvalue weighted by molar-refractivity contribution is -0.0678. The van der Waals surface area contributed by atoms with Crippen molar-refractivity contribution in [2.75, 3.05) is 32.8 Å². The molecule has 2 saturated heterocycles. The van der Waals surface area contributed by atoms with Crippen LogP contribution in [0.3, 0.4) is 0 Å². The van der Waals surface area contributed by atoms with E-state index < -0.39 is 5.60 Å². The maximum absolute atomic E-state index is 10.9. The van der Waals surface area contributed by atoms with Crippen molar-refractivity contribution in [3.8, 4) is 0 Å². The number of hydrogen-bond acceptors (Lipinski definition) is 3. The molecular formula is C19H26N2O2. The lowest BCUT2D eigenvalue weighted by atomic mass is 9.85. The highest BCUT2D eigenvalue weighted by Gasteiger charge is 2.32. The summed E-state index contributed by atoms with van der Waals surface area (Å²) in [5.74, 6) is 0. The predicted molar refractivity (Wildman–Crippen MR) is 91.6 cm³/mol. The number of aromatic amines is 1. The summed E-state index contributed by atoms with van der Waals surface area (Å²) < 4.78 is 5.41. The second kappa shape index (κ2) is 6.27. The van der Waals surface area contributed by atoms with E-state index >= 15 is 0 Å². The summed E-state index contributed by atoms with van der Waals surface area (Å²) in [7, 11) is 0. The van der Waals surface area contributed by atoms with Crippen molar-refractivity contribution in [1.82, 2.24) is 9.88 Å². The van der Waals surface area contributed by atoms with E-state index in [0.29, 0.717) is 26.1 Å². The molecule has 0 bridgehead atoms. The van der Waals surface area contributed by atoms with Gasteiger partial charge in [0.05, 0.1) is 5.60 Å². The van der Waals surface area contributed by atoms with E-state index in [9.17, 15) is 5.11 Å². The predicted octanol–water partition coefficient (Wildman–Crippen LogP) is 2.80. The summed E-state index contributed by atoms with van der Waals surface area (Å²) in [4.78, 5) is 5.93. The molecule has 0 saturated carbocycles. The molecule has 0 atom stereocenters. The van der Waals surface area contributed by atoms with E-state index in [1.807, 2.05) is 0 Å². The molecule has 0 unspecified atom stereocenters. The first-order valence-electron chi connectivity index (χ1n) is 8.88. The summed E-state index contributed by atoms with van der Waals surface area (Å²) in [6.07, 6.45) is 7.27. The molecule has 4 nitrogen and oxygen atoms in total. The summed E-state index contributed by atoms with van der Waals surface area (Å²) in [6.45, 7) is 4.91. The van der Waals surface area contributed by atoms with Crippen LogP contribution in [0.5, 0.6) is 0 Å². The van der Waals surface area contributed by atoms with Gasteiger partial charge in [0.1, 0.15) is 0 Å². The van der Waals surface area contributed by atoms with Crippen molar-refractivity contribution in [2.24, 2.45) is 0 Å². The molecule has 0 radical (unpaired) electrons. The average molecular weight is 314 g/mol. The van der Waals surface area contributed by atoms with Gasteiger partial charge in [-0.15, -0.1) is 0 Å². The van der Waals surface area contributed by atoms with E-state index in [1.54, 1.807) is 0 Å². The van der Waals surface area contributed by atoms with Crippen molar-refractivity contribution in [1.29, 1.82) is 0 Å². The van der Waals surface area contributed by atoms with Crippen LogP contribution < -0.4 is 0 Å². The molecule has 3 heterocycles. The first kappa shape index (κ1) is 15.2. The van der Waals surface area contributed by atoms with Crippen LogP contribution in [0.4, 0.5) is 0 Å². The molecule has 2 aromatic rings. The van der Waals surface area contributed by atoms with Crippen LogP contribution in [0.2, 0.25) is 0 Å². The van der Waals surface area contributed by atoms with Gasteiger partial charge >= 0.3 is 0 Å². The minimum atomic E-state index is -0.726. The Hall–Kier alpha value is -1.36. The molecule has 0 aliphatic carbocycles. The molecule has 1 aromatic carbocycles. The smallest absolute Gasteiger partial charge is 0.0940 e. The fraction of sp³-hybridized carbons (Fsp3) is 0.579. The second-order valence-corrected chi connectivity index (χ2v) is 7.02. The van der Waals surface area contributed by atoms with E-state index in [-0.39, 0.29) is 0 Å². The Balaban J connectivity index is 1.58. The number of aliphatic hydroxyl groups is 1. The lowest BCUT2D eigenvalue weighted by Gasteiger charge is -2.32. The Labute approximate surface area is 137 Å². The van der Waals surface area contributed by atoms with Gasteiger partial charge < -0.3 is 19.7 Å². The SMILES string of the molecule is OC1(c2ccc3[nH]cc(CCN4CCCC4)c3c2)CCOCC1. The highest BCUT2D eigenvalue weighted by atomic mass is 16.5. The molecule has 124 valence electrons. The summed E-state index contributed by atoms with van der Waals surface area (Å²) in [5, 5.41) is 12.2. The van der Waals surface area contributed by atoms with Crippen LogP contribution in [-0.4, -0.2) is 47.8 Å². The molecule has 2 aliphatic heterocycles. The van der Waals surface area contributed by atoms with Gasteiger partial charge in [-0.1, -0.05) is 6.07 Å². The molecule has 4 heteroatoms. The maximum atomic E-state index is 10.9. The Morgan fingerprint density at radius 1 is 1.17 bits per heavy atom. The van der Waals surface area contributed by atoms with Gasteiger partial charge in [-0.05, 0) is 55.6 Å². The molecule has 0 amide bonds. The zero-order valence-electron chi connectivity index (χ0n) is 13.7. The second-order valence-electron chi connectivity index (χ2n) is 7.02.